The molecule has 3 aliphatic heterocycles. The largest absolute Gasteiger partial charge is 0.355 e. The van der Waals surface area contributed by atoms with E-state index in [2.05, 4.69) is 24.3 Å². The molecule has 2 atom stereocenters. The third-order valence-electron chi connectivity index (χ3n) is 5.41. The highest BCUT2D eigenvalue weighted by Crippen LogP contribution is 2.35. The zero-order valence-electron chi connectivity index (χ0n) is 14.4. The number of hydrogen-bond acceptors (Lipinski definition) is 7. The zero-order valence-corrected chi connectivity index (χ0v) is 15.2. The number of rotatable bonds is 2. The van der Waals surface area contributed by atoms with Gasteiger partial charge >= 0.3 is 0 Å². The van der Waals surface area contributed by atoms with E-state index < -0.39 is 10.0 Å². The Kier molecular flexibility index (Phi) is 3.45. The molecule has 2 unspecified atom stereocenters. The molecule has 9 heteroatoms. The summed E-state index contributed by atoms with van der Waals surface area (Å²) in [6.07, 6.45) is 0. The predicted octanol–water partition coefficient (Wildman–Crippen LogP) is 0.891. The SMILES string of the molecule is Cc1nc(CN2CC3CN(C4=NS(=O)(=O)c5ccccc54)CC3C2)no1. The Bertz CT molecular complexity index is 985. The van der Waals surface area contributed by atoms with Crippen LogP contribution in [-0.2, 0) is 16.6 Å². The van der Waals surface area contributed by atoms with Crippen LogP contribution < -0.4 is 0 Å². The molecule has 2 fully saturated rings. The van der Waals surface area contributed by atoms with Crippen molar-refractivity contribution in [2.75, 3.05) is 26.2 Å². The molecule has 3 aliphatic rings. The molecule has 0 amide bonds. The van der Waals surface area contributed by atoms with Crippen molar-refractivity contribution in [3.8, 4) is 0 Å². The third kappa shape index (κ3) is 2.53. The van der Waals surface area contributed by atoms with Gasteiger partial charge in [0.25, 0.3) is 10.0 Å². The van der Waals surface area contributed by atoms with E-state index in [9.17, 15) is 8.42 Å². The van der Waals surface area contributed by atoms with Crippen molar-refractivity contribution in [2.45, 2.75) is 18.4 Å². The molecule has 4 heterocycles. The summed E-state index contributed by atoms with van der Waals surface area (Å²) in [7, 11) is -3.56. The van der Waals surface area contributed by atoms with Gasteiger partial charge in [0, 0.05) is 38.7 Å². The van der Waals surface area contributed by atoms with E-state index in [0.717, 1.165) is 37.6 Å². The predicted molar refractivity (Wildman–Crippen MR) is 93.0 cm³/mol. The number of fused-ring (bicyclic) bond motifs is 2. The Morgan fingerprint density at radius 3 is 2.58 bits per heavy atom. The second kappa shape index (κ2) is 5.62. The van der Waals surface area contributed by atoms with Gasteiger partial charge in [-0.2, -0.15) is 13.4 Å². The van der Waals surface area contributed by atoms with E-state index in [4.69, 9.17) is 4.52 Å². The van der Waals surface area contributed by atoms with E-state index in [1.54, 1.807) is 19.1 Å². The Hall–Kier alpha value is -2.26. The lowest BCUT2D eigenvalue weighted by Crippen LogP contribution is -2.33. The highest BCUT2D eigenvalue weighted by molar-refractivity contribution is 7.90. The molecule has 0 bridgehead atoms. The number of aryl methyl sites for hydroxylation is 1. The average molecular weight is 373 g/mol. The van der Waals surface area contributed by atoms with Gasteiger partial charge < -0.3 is 9.42 Å². The number of aromatic nitrogens is 2. The molecule has 2 aromatic rings. The molecule has 0 spiro atoms. The van der Waals surface area contributed by atoms with E-state index in [-0.39, 0.29) is 0 Å². The van der Waals surface area contributed by atoms with Crippen molar-refractivity contribution in [2.24, 2.45) is 16.2 Å². The maximum Gasteiger partial charge on any atom is 0.285 e. The molecule has 0 N–H and O–H groups in total. The highest BCUT2D eigenvalue weighted by atomic mass is 32.2. The normalized spacial score (nSPS) is 26.8. The first kappa shape index (κ1) is 16.0. The smallest absolute Gasteiger partial charge is 0.285 e. The molecule has 5 rings (SSSR count). The van der Waals surface area contributed by atoms with Crippen LogP contribution in [0.25, 0.3) is 0 Å². The minimum Gasteiger partial charge on any atom is -0.355 e. The first-order valence-corrected chi connectivity index (χ1v) is 10.1. The van der Waals surface area contributed by atoms with Crippen LogP contribution in [0, 0.1) is 18.8 Å². The number of hydrogen-bond donors (Lipinski definition) is 0. The highest BCUT2D eigenvalue weighted by Gasteiger charge is 2.43. The Labute approximate surface area is 151 Å². The monoisotopic (exact) mass is 373 g/mol. The Morgan fingerprint density at radius 2 is 1.88 bits per heavy atom. The van der Waals surface area contributed by atoms with Crippen molar-refractivity contribution in [1.29, 1.82) is 0 Å². The van der Waals surface area contributed by atoms with Crippen molar-refractivity contribution in [1.82, 2.24) is 19.9 Å². The molecule has 1 aromatic heterocycles. The van der Waals surface area contributed by atoms with Crippen LogP contribution in [0.5, 0.6) is 0 Å². The lowest BCUT2D eigenvalue weighted by molar-refractivity contribution is 0.276. The molecule has 26 heavy (non-hydrogen) atoms. The van der Waals surface area contributed by atoms with Gasteiger partial charge in [0.2, 0.25) is 5.89 Å². The van der Waals surface area contributed by atoms with Crippen LogP contribution in [0.2, 0.25) is 0 Å². The van der Waals surface area contributed by atoms with Gasteiger partial charge in [-0.1, -0.05) is 17.3 Å². The van der Waals surface area contributed by atoms with Gasteiger partial charge in [0.1, 0.15) is 4.90 Å². The molecule has 0 radical (unpaired) electrons. The molecule has 2 saturated heterocycles. The lowest BCUT2D eigenvalue weighted by atomic mass is 10.0. The molecule has 1 aromatic carbocycles. The van der Waals surface area contributed by atoms with Crippen LogP contribution in [0.1, 0.15) is 17.3 Å². The topological polar surface area (TPSA) is 91.9 Å². The number of likely N-dealkylation sites (tertiary alicyclic amines) is 2. The van der Waals surface area contributed by atoms with Crippen LogP contribution in [0.4, 0.5) is 0 Å². The minimum atomic E-state index is -3.56. The van der Waals surface area contributed by atoms with Gasteiger partial charge in [-0.3, -0.25) is 4.90 Å². The Morgan fingerprint density at radius 1 is 1.15 bits per heavy atom. The maximum atomic E-state index is 12.3. The fourth-order valence-corrected chi connectivity index (χ4v) is 5.54. The van der Waals surface area contributed by atoms with Crippen LogP contribution in [0.3, 0.4) is 0 Å². The number of amidine groups is 1. The van der Waals surface area contributed by atoms with E-state index in [0.29, 0.717) is 35.0 Å². The van der Waals surface area contributed by atoms with Crippen LogP contribution >= 0.6 is 0 Å². The van der Waals surface area contributed by atoms with E-state index in [1.165, 1.54) is 0 Å². The second-order valence-corrected chi connectivity index (χ2v) is 8.81. The van der Waals surface area contributed by atoms with Crippen molar-refractivity contribution >= 4 is 15.9 Å². The molecule has 0 saturated carbocycles. The average Bonchev–Trinajstić information content (AvgIpc) is 3.32. The summed E-state index contributed by atoms with van der Waals surface area (Å²) in [6, 6.07) is 7.08. The summed E-state index contributed by atoms with van der Waals surface area (Å²) in [5, 5.41) is 3.97. The number of benzene rings is 1. The summed E-state index contributed by atoms with van der Waals surface area (Å²) < 4.78 is 33.7. The minimum absolute atomic E-state index is 0.321. The van der Waals surface area contributed by atoms with Crippen molar-refractivity contribution in [3.05, 3.63) is 41.5 Å². The maximum absolute atomic E-state index is 12.3. The van der Waals surface area contributed by atoms with Gasteiger partial charge in [-0.05, 0) is 24.0 Å². The molecule has 8 nitrogen and oxygen atoms in total. The van der Waals surface area contributed by atoms with Crippen LogP contribution in [-0.4, -0.2) is 60.4 Å². The van der Waals surface area contributed by atoms with E-state index >= 15 is 0 Å². The summed E-state index contributed by atoms with van der Waals surface area (Å²) in [5.41, 5.74) is 0.728. The third-order valence-corrected chi connectivity index (χ3v) is 6.73. The van der Waals surface area contributed by atoms with E-state index in [1.807, 2.05) is 12.1 Å². The van der Waals surface area contributed by atoms with Crippen molar-refractivity contribution < 1.29 is 12.9 Å². The van der Waals surface area contributed by atoms with Gasteiger partial charge in [-0.15, -0.1) is 4.40 Å². The number of sulfonamides is 1. The van der Waals surface area contributed by atoms with Gasteiger partial charge in [0.15, 0.2) is 11.7 Å². The first-order valence-electron chi connectivity index (χ1n) is 8.70. The van der Waals surface area contributed by atoms with Crippen LogP contribution in [0.15, 0.2) is 38.1 Å². The quantitative estimate of drug-likeness (QED) is 0.772. The molecule has 136 valence electrons. The van der Waals surface area contributed by atoms with Gasteiger partial charge in [-0.25, -0.2) is 0 Å². The fourth-order valence-electron chi connectivity index (χ4n) is 4.31. The summed E-state index contributed by atoms with van der Waals surface area (Å²) >= 11 is 0. The second-order valence-electron chi connectivity index (χ2n) is 7.23. The molecular weight excluding hydrogens is 354 g/mol. The first-order chi connectivity index (χ1) is 12.5. The van der Waals surface area contributed by atoms with Crippen molar-refractivity contribution in [3.63, 3.8) is 0 Å². The summed E-state index contributed by atoms with van der Waals surface area (Å²) in [5.74, 6) is 2.92. The summed E-state index contributed by atoms with van der Waals surface area (Å²) in [6.45, 7) is 6.06. The molecule has 0 aliphatic carbocycles. The fraction of sp³-hybridized carbons (Fsp3) is 0.471. The lowest BCUT2D eigenvalue weighted by Gasteiger charge is -2.22. The van der Waals surface area contributed by atoms with Gasteiger partial charge in [0.05, 0.1) is 6.54 Å². The molecular formula is C17H19N5O3S. The zero-order chi connectivity index (χ0) is 17.9. The summed E-state index contributed by atoms with van der Waals surface area (Å²) in [4.78, 5) is 9.07. The number of nitrogens with zero attached hydrogens (tertiary/aromatic N) is 5. The Balaban J connectivity index is 1.30. The standard InChI is InChI=1S/C17H19N5O3S/c1-11-18-16(19-25-11)10-21-6-12-8-22(9-13(12)7-21)17-14-4-2-3-5-15(14)26(23,24)20-17/h2-5,12-13H,6-10H2,1H3.